The first-order valence-corrected chi connectivity index (χ1v) is 12.9. The summed E-state index contributed by atoms with van der Waals surface area (Å²) >= 11 is 0. The number of carbonyl (C=O) groups excluding carboxylic acids is 2. The molecule has 2 amide bonds. The summed E-state index contributed by atoms with van der Waals surface area (Å²) in [5.41, 5.74) is 2.08. The lowest BCUT2D eigenvalue weighted by molar-refractivity contribution is -0.129. The predicted octanol–water partition coefficient (Wildman–Crippen LogP) is 4.51. The van der Waals surface area contributed by atoms with E-state index in [0.717, 1.165) is 50.9 Å². The van der Waals surface area contributed by atoms with Crippen molar-refractivity contribution < 1.29 is 9.59 Å². The Hall–Kier alpha value is -1.88. The zero-order valence-electron chi connectivity index (χ0n) is 20.4. The molecule has 1 N–H and O–H groups in total. The molecular weight excluding hydrogens is 398 g/mol. The van der Waals surface area contributed by atoms with Gasteiger partial charge in [-0.25, -0.2) is 0 Å². The summed E-state index contributed by atoms with van der Waals surface area (Å²) in [5, 5.41) is 3.23. The summed E-state index contributed by atoms with van der Waals surface area (Å²) < 4.78 is 0. The zero-order valence-corrected chi connectivity index (χ0v) is 20.4. The van der Waals surface area contributed by atoms with Gasteiger partial charge in [0, 0.05) is 38.3 Å². The highest BCUT2D eigenvalue weighted by atomic mass is 16.2. The second-order valence-corrected chi connectivity index (χ2v) is 9.88. The number of rotatable bonds is 10. The Labute approximate surface area is 194 Å². The van der Waals surface area contributed by atoms with Crippen molar-refractivity contribution in [1.82, 2.24) is 15.1 Å². The number of benzene rings is 1. The molecule has 1 saturated heterocycles. The largest absolute Gasteiger partial charge is 0.354 e. The van der Waals surface area contributed by atoms with E-state index in [1.807, 2.05) is 17.0 Å². The van der Waals surface area contributed by atoms with Gasteiger partial charge in [0.15, 0.2) is 0 Å². The third kappa shape index (κ3) is 6.57. The van der Waals surface area contributed by atoms with Crippen LogP contribution in [0.4, 0.5) is 0 Å². The summed E-state index contributed by atoms with van der Waals surface area (Å²) in [7, 11) is 0. The minimum Gasteiger partial charge on any atom is -0.354 e. The van der Waals surface area contributed by atoms with E-state index < -0.39 is 0 Å². The lowest BCUT2D eigenvalue weighted by Crippen LogP contribution is -2.58. The van der Waals surface area contributed by atoms with Crippen LogP contribution in [0, 0.1) is 11.8 Å². The Balaban J connectivity index is 1.57. The van der Waals surface area contributed by atoms with Gasteiger partial charge in [-0.05, 0) is 55.2 Å². The zero-order chi connectivity index (χ0) is 22.9. The molecule has 0 radical (unpaired) electrons. The van der Waals surface area contributed by atoms with Crippen molar-refractivity contribution in [2.24, 2.45) is 11.8 Å². The highest BCUT2D eigenvalue weighted by Gasteiger charge is 2.37. The van der Waals surface area contributed by atoms with E-state index in [1.165, 1.54) is 31.2 Å². The van der Waals surface area contributed by atoms with Crippen LogP contribution in [-0.4, -0.2) is 60.4 Å². The first-order valence-electron chi connectivity index (χ1n) is 12.9. The smallest absolute Gasteiger partial charge is 0.253 e. The number of hydrogen-bond donors (Lipinski definition) is 1. The molecule has 1 saturated carbocycles. The van der Waals surface area contributed by atoms with Gasteiger partial charge in [-0.2, -0.15) is 0 Å². The number of hydrogen-bond acceptors (Lipinski definition) is 3. The highest BCUT2D eigenvalue weighted by Crippen LogP contribution is 2.31. The lowest BCUT2D eigenvalue weighted by atomic mass is 9.94. The van der Waals surface area contributed by atoms with E-state index in [4.69, 9.17) is 0 Å². The van der Waals surface area contributed by atoms with Crippen LogP contribution < -0.4 is 5.32 Å². The second kappa shape index (κ2) is 12.4. The fraction of sp³-hybridized carbons (Fsp3) is 0.704. The van der Waals surface area contributed by atoms with Crippen LogP contribution in [0.1, 0.15) is 81.6 Å². The summed E-state index contributed by atoms with van der Waals surface area (Å²) in [5.74, 6) is 1.26. The molecule has 0 bridgehead atoms. The average Bonchev–Trinajstić information content (AvgIpc) is 3.36. The molecule has 2 aliphatic rings. The van der Waals surface area contributed by atoms with Crippen LogP contribution in [0.2, 0.25) is 0 Å². The SMILES string of the molecule is CCCCc1ccc(C(=O)N2CCN([C@@H](C(=O)NC[C@@H](C)CC)C3CCCC3)CC2)cc1. The van der Waals surface area contributed by atoms with Crippen molar-refractivity contribution in [3.8, 4) is 0 Å². The standard InChI is InChI=1S/C27H43N3O2/c1-4-6-9-22-12-14-24(15-13-22)27(32)30-18-16-29(17-19-30)25(23-10-7-8-11-23)26(31)28-20-21(3)5-2/h12-15,21,23,25H,4-11,16-20H2,1-3H3,(H,28,31)/t21-,25+/m0/s1. The fourth-order valence-corrected chi connectivity index (χ4v) is 5.06. The van der Waals surface area contributed by atoms with Crippen molar-refractivity contribution in [2.75, 3.05) is 32.7 Å². The molecule has 0 unspecified atom stereocenters. The maximum atomic E-state index is 13.2. The molecule has 1 aliphatic carbocycles. The number of aryl methyl sites for hydroxylation is 1. The van der Waals surface area contributed by atoms with Gasteiger partial charge in [0.1, 0.15) is 0 Å². The molecule has 32 heavy (non-hydrogen) atoms. The lowest BCUT2D eigenvalue weighted by Gasteiger charge is -2.41. The number of nitrogens with zero attached hydrogens (tertiary/aromatic N) is 2. The third-order valence-corrected chi connectivity index (χ3v) is 7.45. The van der Waals surface area contributed by atoms with Gasteiger partial charge in [-0.15, -0.1) is 0 Å². The summed E-state index contributed by atoms with van der Waals surface area (Å²) in [4.78, 5) is 30.5. The van der Waals surface area contributed by atoms with E-state index in [1.54, 1.807) is 0 Å². The van der Waals surface area contributed by atoms with E-state index in [0.29, 0.717) is 24.9 Å². The van der Waals surface area contributed by atoms with Crippen molar-refractivity contribution in [3.63, 3.8) is 0 Å². The first-order chi connectivity index (χ1) is 15.5. The number of piperazine rings is 1. The molecule has 1 aromatic rings. The highest BCUT2D eigenvalue weighted by molar-refractivity contribution is 5.94. The number of nitrogens with one attached hydrogen (secondary N) is 1. The maximum Gasteiger partial charge on any atom is 0.253 e. The van der Waals surface area contributed by atoms with Gasteiger partial charge in [0.2, 0.25) is 5.91 Å². The topological polar surface area (TPSA) is 52.7 Å². The number of unbranched alkanes of at least 4 members (excludes halogenated alkanes) is 1. The third-order valence-electron chi connectivity index (χ3n) is 7.45. The molecule has 1 aliphatic heterocycles. The Morgan fingerprint density at radius 2 is 1.69 bits per heavy atom. The quantitative estimate of drug-likeness (QED) is 0.581. The maximum absolute atomic E-state index is 13.2. The molecule has 1 heterocycles. The predicted molar refractivity (Wildman–Crippen MR) is 131 cm³/mol. The molecule has 2 atom stereocenters. The van der Waals surface area contributed by atoms with Crippen LogP contribution in [0.25, 0.3) is 0 Å². The fourth-order valence-electron chi connectivity index (χ4n) is 5.06. The molecule has 178 valence electrons. The first kappa shape index (κ1) is 24.8. The summed E-state index contributed by atoms with van der Waals surface area (Å²) in [6.45, 7) is 10.2. The minimum atomic E-state index is -0.0448. The molecule has 5 heteroatoms. The summed E-state index contributed by atoms with van der Waals surface area (Å²) in [6.07, 6.45) is 9.26. The molecule has 0 aromatic heterocycles. The average molecular weight is 442 g/mol. The van der Waals surface area contributed by atoms with Gasteiger partial charge in [-0.1, -0.05) is 58.6 Å². The Bertz CT molecular complexity index is 719. The van der Waals surface area contributed by atoms with Crippen LogP contribution in [0.3, 0.4) is 0 Å². The van der Waals surface area contributed by atoms with Crippen LogP contribution in [0.15, 0.2) is 24.3 Å². The van der Waals surface area contributed by atoms with Crippen LogP contribution in [0.5, 0.6) is 0 Å². The Kier molecular flexibility index (Phi) is 9.58. The molecule has 1 aromatic carbocycles. The van der Waals surface area contributed by atoms with E-state index in [2.05, 4.69) is 43.1 Å². The van der Waals surface area contributed by atoms with Gasteiger partial charge >= 0.3 is 0 Å². The number of amides is 2. The number of carbonyl (C=O) groups is 2. The van der Waals surface area contributed by atoms with Gasteiger partial charge in [0.05, 0.1) is 6.04 Å². The van der Waals surface area contributed by atoms with E-state index in [-0.39, 0.29) is 17.9 Å². The molecule has 2 fully saturated rings. The van der Waals surface area contributed by atoms with Gasteiger partial charge in [-0.3, -0.25) is 14.5 Å². The van der Waals surface area contributed by atoms with Crippen molar-refractivity contribution in [1.29, 1.82) is 0 Å². The van der Waals surface area contributed by atoms with Gasteiger partial charge in [0.25, 0.3) is 5.91 Å². The van der Waals surface area contributed by atoms with Crippen molar-refractivity contribution >= 4 is 11.8 Å². The van der Waals surface area contributed by atoms with E-state index >= 15 is 0 Å². The normalized spacial score (nSPS) is 19.7. The molecule has 5 nitrogen and oxygen atoms in total. The second-order valence-electron chi connectivity index (χ2n) is 9.88. The monoisotopic (exact) mass is 441 g/mol. The minimum absolute atomic E-state index is 0.0448. The Morgan fingerprint density at radius 1 is 1.03 bits per heavy atom. The van der Waals surface area contributed by atoms with Crippen LogP contribution >= 0.6 is 0 Å². The van der Waals surface area contributed by atoms with Crippen molar-refractivity contribution in [2.45, 2.75) is 78.2 Å². The Morgan fingerprint density at radius 3 is 2.28 bits per heavy atom. The molecule has 3 rings (SSSR count). The van der Waals surface area contributed by atoms with Gasteiger partial charge < -0.3 is 10.2 Å². The molecular formula is C27H43N3O2. The summed E-state index contributed by atoms with van der Waals surface area (Å²) in [6, 6.07) is 8.09. The molecule has 0 spiro atoms. The van der Waals surface area contributed by atoms with Crippen LogP contribution in [-0.2, 0) is 11.2 Å². The van der Waals surface area contributed by atoms with E-state index in [9.17, 15) is 9.59 Å². The van der Waals surface area contributed by atoms with Crippen molar-refractivity contribution in [3.05, 3.63) is 35.4 Å².